The van der Waals surface area contributed by atoms with Gasteiger partial charge in [-0.05, 0) is 26.2 Å². The van der Waals surface area contributed by atoms with E-state index < -0.39 is 5.92 Å². The first-order valence-electron chi connectivity index (χ1n) is 8.78. The fraction of sp³-hybridized carbons (Fsp3) is 0.421. The van der Waals surface area contributed by atoms with Crippen molar-refractivity contribution in [1.29, 1.82) is 0 Å². The first-order valence-corrected chi connectivity index (χ1v) is 8.78. The summed E-state index contributed by atoms with van der Waals surface area (Å²) < 4.78 is 6.99. The van der Waals surface area contributed by atoms with Crippen molar-refractivity contribution in [2.24, 2.45) is 7.05 Å². The Morgan fingerprint density at radius 1 is 1.33 bits per heavy atom. The highest BCUT2D eigenvalue weighted by Gasteiger charge is 2.35. The number of nitrogens with one attached hydrogen (secondary N) is 1. The lowest BCUT2D eigenvalue weighted by atomic mass is 9.95. The third-order valence-electron chi connectivity index (χ3n) is 4.52. The van der Waals surface area contributed by atoms with Crippen molar-refractivity contribution in [1.82, 2.24) is 19.6 Å². The Morgan fingerprint density at radius 2 is 2.07 bits per heavy atom. The van der Waals surface area contributed by atoms with E-state index in [1.807, 2.05) is 44.4 Å². The van der Waals surface area contributed by atoms with Crippen molar-refractivity contribution in [3.8, 4) is 5.75 Å². The van der Waals surface area contributed by atoms with Gasteiger partial charge < -0.3 is 19.9 Å². The number of carbonyl (C=O) groups excluding carboxylic acids is 2. The van der Waals surface area contributed by atoms with Gasteiger partial charge in [0, 0.05) is 31.9 Å². The molecular formula is C19H25N5O3. The number of nitrogens with zero attached hydrogens (tertiary/aromatic N) is 4. The van der Waals surface area contributed by atoms with Crippen molar-refractivity contribution in [2.75, 3.05) is 39.6 Å². The van der Waals surface area contributed by atoms with Crippen LogP contribution in [0.3, 0.4) is 0 Å². The van der Waals surface area contributed by atoms with Gasteiger partial charge in [0.05, 0.1) is 25.0 Å². The maximum Gasteiger partial charge on any atom is 0.237 e. The summed E-state index contributed by atoms with van der Waals surface area (Å²) in [5.74, 6) is -0.166. The van der Waals surface area contributed by atoms with Crippen molar-refractivity contribution in [2.45, 2.75) is 12.5 Å². The van der Waals surface area contributed by atoms with E-state index in [1.54, 1.807) is 28.8 Å². The highest BCUT2D eigenvalue weighted by Crippen LogP contribution is 2.30. The quantitative estimate of drug-likeness (QED) is 0.850. The molecule has 1 aromatic carbocycles. The van der Waals surface area contributed by atoms with Gasteiger partial charge in [-0.15, -0.1) is 0 Å². The van der Waals surface area contributed by atoms with E-state index in [0.29, 0.717) is 31.1 Å². The first kappa shape index (κ1) is 18.9. The van der Waals surface area contributed by atoms with Crippen LogP contribution in [0.15, 0.2) is 30.5 Å². The average molecular weight is 371 g/mol. The number of amides is 2. The number of methoxy groups -OCH3 is 1. The number of rotatable bonds is 5. The van der Waals surface area contributed by atoms with E-state index in [0.717, 1.165) is 11.3 Å². The Kier molecular flexibility index (Phi) is 5.46. The summed E-state index contributed by atoms with van der Waals surface area (Å²) in [7, 11) is 7.08. The Morgan fingerprint density at radius 3 is 2.78 bits per heavy atom. The summed E-state index contributed by atoms with van der Waals surface area (Å²) >= 11 is 0. The molecule has 0 spiro atoms. The van der Waals surface area contributed by atoms with Crippen molar-refractivity contribution in [3.63, 3.8) is 0 Å². The summed E-state index contributed by atoms with van der Waals surface area (Å²) in [5.41, 5.74) is 2.22. The maximum absolute atomic E-state index is 13.0. The number of likely N-dealkylation sites (N-methyl/N-ethyl adjacent to an activating group) is 1. The highest BCUT2D eigenvalue weighted by molar-refractivity contribution is 5.97. The Balaban J connectivity index is 1.85. The van der Waals surface area contributed by atoms with Crippen molar-refractivity contribution >= 4 is 17.5 Å². The monoisotopic (exact) mass is 371 g/mol. The summed E-state index contributed by atoms with van der Waals surface area (Å²) in [5, 5.41) is 7.39. The third-order valence-corrected chi connectivity index (χ3v) is 4.52. The Hall–Kier alpha value is -2.87. The average Bonchev–Trinajstić information content (AvgIpc) is 3.00. The fourth-order valence-electron chi connectivity index (χ4n) is 3.28. The molecule has 1 N–H and O–H groups in total. The second kappa shape index (κ2) is 7.79. The zero-order chi connectivity index (χ0) is 19.6. The molecule has 1 aliphatic heterocycles. The largest absolute Gasteiger partial charge is 0.495 e. The van der Waals surface area contributed by atoms with Crippen LogP contribution in [0.2, 0.25) is 0 Å². The van der Waals surface area contributed by atoms with Gasteiger partial charge in [0.15, 0.2) is 0 Å². The number of benzene rings is 1. The van der Waals surface area contributed by atoms with Gasteiger partial charge in [0.25, 0.3) is 0 Å². The molecule has 0 radical (unpaired) electrons. The number of fused-ring (bicyclic) bond motifs is 1. The van der Waals surface area contributed by atoms with E-state index in [4.69, 9.17) is 4.74 Å². The van der Waals surface area contributed by atoms with Crippen LogP contribution in [0.1, 0.15) is 17.2 Å². The lowest BCUT2D eigenvalue weighted by molar-refractivity contribution is -0.133. The molecule has 0 bridgehead atoms. The summed E-state index contributed by atoms with van der Waals surface area (Å²) in [6, 6.07) is 7.25. The van der Waals surface area contributed by atoms with Crippen LogP contribution < -0.4 is 10.1 Å². The molecule has 1 aromatic heterocycles. The van der Waals surface area contributed by atoms with Crippen LogP contribution in [0.5, 0.6) is 5.75 Å². The van der Waals surface area contributed by atoms with Crippen molar-refractivity contribution < 1.29 is 14.3 Å². The minimum atomic E-state index is -0.536. The first-order chi connectivity index (χ1) is 12.9. The van der Waals surface area contributed by atoms with Crippen LogP contribution in [0.4, 0.5) is 5.69 Å². The van der Waals surface area contributed by atoms with Crippen LogP contribution in [-0.2, 0) is 23.2 Å². The molecule has 2 amide bonds. The molecule has 144 valence electrons. The summed E-state index contributed by atoms with van der Waals surface area (Å²) in [4.78, 5) is 29.1. The molecule has 1 unspecified atom stereocenters. The lowest BCUT2D eigenvalue weighted by Gasteiger charge is -2.32. The van der Waals surface area contributed by atoms with Crippen LogP contribution in [-0.4, -0.2) is 65.7 Å². The number of ether oxygens (including phenoxy) is 1. The van der Waals surface area contributed by atoms with E-state index in [-0.39, 0.29) is 11.8 Å². The molecule has 1 atom stereocenters. The van der Waals surface area contributed by atoms with Gasteiger partial charge in [0.2, 0.25) is 11.8 Å². The molecule has 0 saturated carbocycles. The number of aromatic nitrogens is 2. The predicted molar refractivity (Wildman–Crippen MR) is 102 cm³/mol. The Labute approximate surface area is 158 Å². The Bertz CT molecular complexity index is 846. The number of aryl methyl sites for hydroxylation is 1. The number of anilines is 1. The molecule has 1 aliphatic rings. The minimum Gasteiger partial charge on any atom is -0.495 e. The topological polar surface area (TPSA) is 79.7 Å². The summed E-state index contributed by atoms with van der Waals surface area (Å²) in [6.45, 7) is 1.07. The normalized spacial score (nSPS) is 16.2. The van der Waals surface area contributed by atoms with Gasteiger partial charge in [-0.1, -0.05) is 12.1 Å². The highest BCUT2D eigenvalue weighted by atomic mass is 16.5. The van der Waals surface area contributed by atoms with Crippen LogP contribution in [0.25, 0.3) is 0 Å². The molecule has 0 saturated heterocycles. The van der Waals surface area contributed by atoms with Crippen LogP contribution >= 0.6 is 0 Å². The fourth-order valence-corrected chi connectivity index (χ4v) is 3.28. The predicted octanol–water partition coefficient (Wildman–Crippen LogP) is 1.05. The molecule has 3 rings (SSSR count). The zero-order valence-corrected chi connectivity index (χ0v) is 16.1. The number of carbonyl (C=O) groups is 2. The molecular weight excluding hydrogens is 346 g/mol. The summed E-state index contributed by atoms with van der Waals surface area (Å²) in [6.07, 6.45) is 1.87. The van der Waals surface area contributed by atoms with Gasteiger partial charge in [0.1, 0.15) is 11.7 Å². The molecule has 2 heterocycles. The molecule has 8 nitrogen and oxygen atoms in total. The van der Waals surface area contributed by atoms with Gasteiger partial charge in [-0.3, -0.25) is 14.3 Å². The SMILES string of the molecule is COc1ccccc1NC(=O)C1CN(C(=O)CN(C)C)Cc2cn(C)nc21. The maximum atomic E-state index is 13.0. The van der Waals surface area contributed by atoms with E-state index in [1.165, 1.54) is 0 Å². The molecule has 0 fully saturated rings. The second-order valence-corrected chi connectivity index (χ2v) is 6.97. The van der Waals surface area contributed by atoms with E-state index in [2.05, 4.69) is 10.4 Å². The van der Waals surface area contributed by atoms with Gasteiger partial charge in [-0.25, -0.2) is 0 Å². The number of hydrogen-bond acceptors (Lipinski definition) is 5. The molecule has 27 heavy (non-hydrogen) atoms. The molecule has 8 heteroatoms. The smallest absolute Gasteiger partial charge is 0.237 e. The van der Waals surface area contributed by atoms with Gasteiger partial charge >= 0.3 is 0 Å². The van der Waals surface area contributed by atoms with Crippen molar-refractivity contribution in [3.05, 3.63) is 41.7 Å². The molecule has 0 aliphatic carbocycles. The standard InChI is InChI=1S/C19H25N5O3/c1-22(2)12-17(25)24-10-13-9-23(3)21-18(13)14(11-24)19(26)20-15-7-5-6-8-16(15)27-4/h5-9,14H,10-12H2,1-4H3,(H,20,26). The minimum absolute atomic E-state index is 0.00963. The molecule has 2 aromatic rings. The lowest BCUT2D eigenvalue weighted by Crippen LogP contribution is -2.44. The zero-order valence-electron chi connectivity index (χ0n) is 16.1. The second-order valence-electron chi connectivity index (χ2n) is 6.97. The van der Waals surface area contributed by atoms with E-state index >= 15 is 0 Å². The van der Waals surface area contributed by atoms with E-state index in [9.17, 15) is 9.59 Å². The van der Waals surface area contributed by atoms with Crippen LogP contribution in [0, 0.1) is 0 Å². The third kappa shape index (κ3) is 4.11. The number of para-hydroxylation sites is 2. The van der Waals surface area contributed by atoms with Gasteiger partial charge in [-0.2, -0.15) is 5.10 Å². The number of hydrogen-bond donors (Lipinski definition) is 1.